The van der Waals surface area contributed by atoms with Gasteiger partial charge in [0, 0.05) is 64.4 Å². The van der Waals surface area contributed by atoms with Gasteiger partial charge in [0.15, 0.2) is 0 Å². The molecular weight excluding hydrogens is 436 g/mol. The first kappa shape index (κ1) is 24.0. The van der Waals surface area contributed by atoms with Gasteiger partial charge in [0.2, 0.25) is 17.7 Å². The number of nitrogens with one attached hydrogen (secondary N) is 3. The van der Waals surface area contributed by atoms with E-state index < -0.39 is 0 Å². The van der Waals surface area contributed by atoms with Gasteiger partial charge in [-0.05, 0) is 51.5 Å². The van der Waals surface area contributed by atoms with Crippen LogP contribution in [0.25, 0.3) is 0 Å². The van der Waals surface area contributed by atoms with E-state index >= 15 is 0 Å². The minimum atomic E-state index is -0.353. The van der Waals surface area contributed by atoms with Crippen molar-refractivity contribution >= 4 is 17.7 Å². The smallest absolute Gasteiger partial charge is 0.249 e. The van der Waals surface area contributed by atoms with Crippen LogP contribution in [0.4, 0.5) is 0 Å². The highest BCUT2D eigenvalue weighted by molar-refractivity contribution is 5.84. The van der Waals surface area contributed by atoms with Crippen molar-refractivity contribution in [3.05, 3.63) is 0 Å². The number of rotatable bonds is 6. The van der Waals surface area contributed by atoms with E-state index in [1.807, 2.05) is 4.90 Å². The molecule has 0 aromatic carbocycles. The Bertz CT molecular complexity index is 746. The number of piperazine rings is 2. The molecule has 0 spiro atoms. The summed E-state index contributed by atoms with van der Waals surface area (Å²) < 4.78 is 5.50. The summed E-state index contributed by atoms with van der Waals surface area (Å²) >= 11 is 0. The Balaban J connectivity index is 1.08. The van der Waals surface area contributed by atoms with Gasteiger partial charge in [-0.2, -0.15) is 0 Å². The maximum absolute atomic E-state index is 13.0. The Hall–Kier alpha value is -1.75. The molecule has 34 heavy (non-hydrogen) atoms. The number of amides is 3. The fraction of sp³-hybridized carbons (Fsp3) is 0.875. The number of ether oxygens (including phenoxy) is 1. The lowest BCUT2D eigenvalue weighted by atomic mass is 10.0. The molecule has 5 saturated heterocycles. The maximum Gasteiger partial charge on any atom is 0.249 e. The van der Waals surface area contributed by atoms with Gasteiger partial charge >= 0.3 is 0 Å². The highest BCUT2D eigenvalue weighted by Gasteiger charge is 2.44. The first-order chi connectivity index (χ1) is 16.6. The predicted octanol–water partition coefficient (Wildman–Crippen LogP) is -0.753. The van der Waals surface area contributed by atoms with E-state index in [2.05, 4.69) is 25.8 Å². The monoisotopic (exact) mass is 476 g/mol. The number of hydrogen-bond acceptors (Lipinski definition) is 7. The molecular formula is C24H40N6O4. The molecule has 0 aromatic heterocycles. The van der Waals surface area contributed by atoms with E-state index in [4.69, 9.17) is 4.74 Å². The molecule has 5 rings (SSSR count). The summed E-state index contributed by atoms with van der Waals surface area (Å²) in [5, 5.41) is 9.72. The van der Waals surface area contributed by atoms with Crippen LogP contribution in [0.1, 0.15) is 51.4 Å². The van der Waals surface area contributed by atoms with Crippen molar-refractivity contribution in [3.8, 4) is 0 Å². The average Bonchev–Trinajstić information content (AvgIpc) is 3.55. The van der Waals surface area contributed by atoms with Gasteiger partial charge in [-0.3, -0.25) is 24.2 Å². The topological polar surface area (TPSA) is 106 Å². The van der Waals surface area contributed by atoms with Crippen LogP contribution in [0.3, 0.4) is 0 Å². The summed E-state index contributed by atoms with van der Waals surface area (Å²) in [7, 11) is 0. The molecule has 5 aliphatic rings. The Labute approximate surface area is 202 Å². The quantitative estimate of drug-likeness (QED) is 0.463. The van der Waals surface area contributed by atoms with E-state index in [0.29, 0.717) is 38.7 Å². The van der Waals surface area contributed by atoms with E-state index in [0.717, 1.165) is 52.0 Å². The molecule has 0 radical (unpaired) electrons. The minimum absolute atomic E-state index is 0.0314. The largest absolute Gasteiger partial charge is 0.368 e. The summed E-state index contributed by atoms with van der Waals surface area (Å²) in [6.45, 7) is 6.41. The summed E-state index contributed by atoms with van der Waals surface area (Å²) in [6, 6.07) is -0.149. The lowest BCUT2D eigenvalue weighted by Gasteiger charge is -2.41. The molecule has 0 aliphatic carbocycles. The van der Waals surface area contributed by atoms with Crippen molar-refractivity contribution in [2.75, 3.05) is 52.4 Å². The van der Waals surface area contributed by atoms with Gasteiger partial charge in [-0.25, -0.2) is 0 Å². The second-order valence-corrected chi connectivity index (χ2v) is 10.5. The molecule has 5 atom stereocenters. The Kier molecular flexibility index (Phi) is 7.67. The van der Waals surface area contributed by atoms with Gasteiger partial charge in [-0.15, -0.1) is 0 Å². The zero-order chi connectivity index (χ0) is 23.5. The normalized spacial score (nSPS) is 35.1. The third-order valence-corrected chi connectivity index (χ3v) is 8.27. The molecule has 0 aromatic rings. The number of carbonyl (C=O) groups is 3. The third-order valence-electron chi connectivity index (χ3n) is 8.27. The van der Waals surface area contributed by atoms with Crippen molar-refractivity contribution < 1.29 is 19.1 Å². The molecule has 190 valence electrons. The van der Waals surface area contributed by atoms with Crippen LogP contribution >= 0.6 is 0 Å². The van der Waals surface area contributed by atoms with Crippen molar-refractivity contribution in [1.29, 1.82) is 0 Å². The zero-order valence-corrected chi connectivity index (χ0v) is 20.2. The number of hydrogen-bond donors (Lipinski definition) is 3. The highest BCUT2D eigenvalue weighted by Crippen LogP contribution is 2.27. The molecule has 5 aliphatic heterocycles. The SMILES string of the molecule is O=C(NC1CC2C(=O)NCC(CCC(=O)N3CCN(C4CCCCN4)CC3)N2C1)C1CCCO1. The molecule has 3 N–H and O–H groups in total. The Morgan fingerprint density at radius 3 is 2.68 bits per heavy atom. The van der Waals surface area contributed by atoms with Gasteiger partial charge in [0.05, 0.1) is 12.2 Å². The second-order valence-electron chi connectivity index (χ2n) is 10.5. The number of carbonyl (C=O) groups excluding carboxylic acids is 3. The van der Waals surface area contributed by atoms with Crippen LogP contribution in [0.15, 0.2) is 0 Å². The highest BCUT2D eigenvalue weighted by atomic mass is 16.5. The van der Waals surface area contributed by atoms with Gasteiger partial charge in [0.1, 0.15) is 6.10 Å². The first-order valence-electron chi connectivity index (χ1n) is 13.3. The van der Waals surface area contributed by atoms with Crippen molar-refractivity contribution in [3.63, 3.8) is 0 Å². The van der Waals surface area contributed by atoms with Crippen LogP contribution in [0.2, 0.25) is 0 Å². The molecule has 0 bridgehead atoms. The zero-order valence-electron chi connectivity index (χ0n) is 20.2. The van der Waals surface area contributed by atoms with Crippen LogP contribution in [0.5, 0.6) is 0 Å². The summed E-state index contributed by atoms with van der Waals surface area (Å²) in [5.74, 6) is 0.188. The molecule has 3 amide bonds. The summed E-state index contributed by atoms with van der Waals surface area (Å²) in [4.78, 5) is 44.6. The Morgan fingerprint density at radius 1 is 1.09 bits per heavy atom. The van der Waals surface area contributed by atoms with Crippen molar-refractivity contribution in [2.24, 2.45) is 0 Å². The molecule has 5 unspecified atom stereocenters. The van der Waals surface area contributed by atoms with Crippen LogP contribution < -0.4 is 16.0 Å². The lowest BCUT2D eigenvalue weighted by Crippen LogP contribution is -2.58. The summed E-state index contributed by atoms with van der Waals surface area (Å²) in [5.41, 5.74) is 0. The minimum Gasteiger partial charge on any atom is -0.368 e. The number of fused-ring (bicyclic) bond motifs is 1. The second kappa shape index (κ2) is 10.9. The standard InChI is InChI=1S/C24H40N6O4/c31-22(29-11-9-28(10-12-29)21-5-1-2-8-25-21)7-6-18-15-26-23(32)19-14-17(16-30(18)19)27-24(33)20-4-3-13-34-20/h17-21,25H,1-16H2,(H,26,32)(H,27,33). The van der Waals surface area contributed by atoms with E-state index in [1.54, 1.807) is 0 Å². The van der Waals surface area contributed by atoms with E-state index in [-0.39, 0.29) is 42.0 Å². The predicted molar refractivity (Wildman–Crippen MR) is 126 cm³/mol. The number of piperidine rings is 1. The molecule has 10 heteroatoms. The third kappa shape index (κ3) is 5.40. The fourth-order valence-electron chi connectivity index (χ4n) is 6.30. The lowest BCUT2D eigenvalue weighted by molar-refractivity contribution is -0.134. The van der Waals surface area contributed by atoms with Crippen LogP contribution in [0, 0.1) is 0 Å². The van der Waals surface area contributed by atoms with E-state index in [9.17, 15) is 14.4 Å². The fourth-order valence-corrected chi connectivity index (χ4v) is 6.30. The van der Waals surface area contributed by atoms with Crippen LogP contribution in [-0.2, 0) is 19.1 Å². The Morgan fingerprint density at radius 2 is 1.94 bits per heavy atom. The molecule has 0 saturated carbocycles. The van der Waals surface area contributed by atoms with Crippen LogP contribution in [-0.4, -0.2) is 115 Å². The van der Waals surface area contributed by atoms with Gasteiger partial charge < -0.3 is 25.6 Å². The van der Waals surface area contributed by atoms with Gasteiger partial charge in [-0.1, -0.05) is 0 Å². The molecule has 10 nitrogen and oxygen atoms in total. The number of nitrogens with zero attached hydrogens (tertiary/aromatic N) is 3. The average molecular weight is 477 g/mol. The molecule has 5 fully saturated rings. The molecule has 5 heterocycles. The van der Waals surface area contributed by atoms with E-state index in [1.165, 1.54) is 19.3 Å². The maximum atomic E-state index is 13.0. The van der Waals surface area contributed by atoms with Crippen molar-refractivity contribution in [2.45, 2.75) is 81.8 Å². The summed E-state index contributed by atoms with van der Waals surface area (Å²) in [6.07, 6.45) is 7.39. The van der Waals surface area contributed by atoms with Crippen molar-refractivity contribution in [1.82, 2.24) is 30.7 Å². The van der Waals surface area contributed by atoms with Gasteiger partial charge in [0.25, 0.3) is 0 Å². The first-order valence-corrected chi connectivity index (χ1v) is 13.3.